The third-order valence-electron chi connectivity index (χ3n) is 12.4. The van der Waals surface area contributed by atoms with E-state index in [2.05, 4.69) is 191 Å². The summed E-state index contributed by atoms with van der Waals surface area (Å²) in [5, 5.41) is 1.18. The lowest BCUT2D eigenvalue weighted by atomic mass is 9.81. The van der Waals surface area contributed by atoms with Crippen molar-refractivity contribution in [1.29, 1.82) is 0 Å². The van der Waals surface area contributed by atoms with Crippen molar-refractivity contribution in [2.45, 2.75) is 71.6 Å². The lowest BCUT2D eigenvalue weighted by molar-refractivity contribution is 0.640. The van der Waals surface area contributed by atoms with Crippen molar-refractivity contribution in [2.75, 3.05) is 0 Å². The van der Waals surface area contributed by atoms with Crippen LogP contribution in [0.5, 0.6) is 0 Å². The largest absolute Gasteiger partial charge is 0.248 e. The number of hydrogen-bond acceptors (Lipinski definition) is 1. The molecule has 1 nitrogen and oxygen atoms in total. The molecule has 0 radical (unpaired) electrons. The molecule has 1 heteroatoms. The van der Waals surface area contributed by atoms with Gasteiger partial charge in [0.15, 0.2) is 0 Å². The Hall–Kier alpha value is -6.05. The molecule has 0 bridgehead atoms. The van der Waals surface area contributed by atoms with Crippen LogP contribution in [0.3, 0.4) is 0 Å². The molecular formula is C56H51N. The Balaban J connectivity index is 1.05. The van der Waals surface area contributed by atoms with Crippen LogP contribution in [0.4, 0.5) is 0 Å². The van der Waals surface area contributed by atoms with E-state index in [0.717, 1.165) is 23.2 Å². The van der Waals surface area contributed by atoms with E-state index in [-0.39, 0.29) is 5.41 Å². The van der Waals surface area contributed by atoms with E-state index in [9.17, 15) is 0 Å². The van der Waals surface area contributed by atoms with Gasteiger partial charge in [0.1, 0.15) is 0 Å². The third kappa shape index (κ3) is 7.24. The van der Waals surface area contributed by atoms with Crippen LogP contribution in [0.15, 0.2) is 164 Å². The van der Waals surface area contributed by atoms with Crippen LogP contribution in [0.2, 0.25) is 0 Å². The summed E-state index contributed by atoms with van der Waals surface area (Å²) >= 11 is 0. The number of nitrogens with zero attached hydrogens (tertiary/aromatic N) is 1. The van der Waals surface area contributed by atoms with Crippen LogP contribution in [-0.2, 0) is 18.3 Å². The van der Waals surface area contributed by atoms with Crippen molar-refractivity contribution < 1.29 is 0 Å². The first-order valence-corrected chi connectivity index (χ1v) is 20.8. The Morgan fingerprint density at radius 2 is 1.04 bits per heavy atom. The maximum Gasteiger partial charge on any atom is 0.0716 e. The molecule has 0 atom stereocenters. The third-order valence-corrected chi connectivity index (χ3v) is 12.4. The van der Waals surface area contributed by atoms with E-state index in [1.54, 1.807) is 0 Å². The summed E-state index contributed by atoms with van der Waals surface area (Å²) in [5.74, 6) is 0. The molecule has 9 rings (SSSR count). The quantitative estimate of drug-likeness (QED) is 0.120. The highest BCUT2D eigenvalue weighted by molar-refractivity contribution is 6.01. The van der Waals surface area contributed by atoms with E-state index in [4.69, 9.17) is 4.98 Å². The van der Waals surface area contributed by atoms with E-state index in [0.29, 0.717) is 0 Å². The summed E-state index contributed by atoms with van der Waals surface area (Å²) in [4.78, 5) is 5.38. The number of aromatic nitrogens is 1. The van der Waals surface area contributed by atoms with E-state index in [1.807, 2.05) is 0 Å². The molecule has 0 spiro atoms. The van der Waals surface area contributed by atoms with Gasteiger partial charge in [0.2, 0.25) is 0 Å². The Morgan fingerprint density at radius 3 is 1.81 bits per heavy atom. The smallest absolute Gasteiger partial charge is 0.0716 e. The highest BCUT2D eigenvalue weighted by Gasteiger charge is 2.35. The molecule has 57 heavy (non-hydrogen) atoms. The van der Waals surface area contributed by atoms with E-state index >= 15 is 0 Å². The first-order valence-electron chi connectivity index (χ1n) is 20.8. The van der Waals surface area contributed by atoms with Crippen molar-refractivity contribution in [3.8, 4) is 55.8 Å². The summed E-state index contributed by atoms with van der Waals surface area (Å²) < 4.78 is 0. The molecule has 0 amide bonds. The van der Waals surface area contributed by atoms with Crippen LogP contribution >= 0.6 is 0 Å². The van der Waals surface area contributed by atoms with Crippen molar-refractivity contribution in [3.05, 3.63) is 197 Å². The maximum atomic E-state index is 5.38. The fraction of sp³-hybridized carbons (Fsp3) is 0.196. The van der Waals surface area contributed by atoms with Crippen molar-refractivity contribution >= 4 is 10.9 Å². The zero-order chi connectivity index (χ0) is 38.9. The second-order valence-corrected chi connectivity index (χ2v) is 16.7. The predicted octanol–water partition coefficient (Wildman–Crippen LogP) is 15.2. The molecule has 0 fully saturated rings. The van der Waals surface area contributed by atoms with Crippen molar-refractivity contribution in [3.63, 3.8) is 0 Å². The fourth-order valence-electron chi connectivity index (χ4n) is 9.37. The van der Waals surface area contributed by atoms with Gasteiger partial charge in [0, 0.05) is 16.4 Å². The Bertz CT molecular complexity index is 2700. The van der Waals surface area contributed by atoms with Gasteiger partial charge in [0.25, 0.3) is 0 Å². The monoisotopic (exact) mass is 737 g/mol. The molecule has 1 aromatic heterocycles. The van der Waals surface area contributed by atoms with Gasteiger partial charge in [-0.1, -0.05) is 166 Å². The molecule has 1 heterocycles. The number of benzene rings is 7. The summed E-state index contributed by atoms with van der Waals surface area (Å²) in [6.07, 6.45) is 7.34. The first kappa shape index (κ1) is 36.6. The van der Waals surface area contributed by atoms with Gasteiger partial charge in [-0.05, 0) is 142 Å². The topological polar surface area (TPSA) is 12.9 Å². The fourth-order valence-corrected chi connectivity index (χ4v) is 9.37. The SMILES string of the molecule is Cc1cc(-c2cccc(CCCCCCc3ccccc3)c2)cc(C)c1-c1cc(-c2ccc3c(c2)C(C)(C)c2ccccc2-3)nc2ccc(-c3ccccc3)cc12. The maximum absolute atomic E-state index is 5.38. The van der Waals surface area contributed by atoms with Crippen LogP contribution < -0.4 is 0 Å². The van der Waals surface area contributed by atoms with Gasteiger partial charge in [-0.25, -0.2) is 4.98 Å². The van der Waals surface area contributed by atoms with E-state index < -0.39 is 0 Å². The van der Waals surface area contributed by atoms with Crippen LogP contribution in [0.1, 0.15) is 72.9 Å². The average Bonchev–Trinajstić information content (AvgIpc) is 3.47. The van der Waals surface area contributed by atoms with E-state index in [1.165, 1.54) is 115 Å². The Morgan fingerprint density at radius 1 is 0.421 bits per heavy atom. The van der Waals surface area contributed by atoms with Gasteiger partial charge in [0.05, 0.1) is 11.2 Å². The average molecular weight is 738 g/mol. The molecule has 0 saturated heterocycles. The summed E-state index contributed by atoms with van der Waals surface area (Å²) in [6.45, 7) is 9.27. The molecule has 0 N–H and O–H groups in total. The van der Waals surface area contributed by atoms with Gasteiger partial charge < -0.3 is 0 Å². The number of unbranched alkanes of at least 4 members (excludes halogenated alkanes) is 3. The predicted molar refractivity (Wildman–Crippen MR) is 243 cm³/mol. The minimum Gasteiger partial charge on any atom is -0.248 e. The molecule has 280 valence electrons. The Kier molecular flexibility index (Phi) is 9.93. The van der Waals surface area contributed by atoms with Crippen LogP contribution in [-0.4, -0.2) is 4.98 Å². The van der Waals surface area contributed by atoms with Crippen LogP contribution in [0, 0.1) is 13.8 Å². The highest BCUT2D eigenvalue weighted by atomic mass is 14.7. The summed E-state index contributed by atoms with van der Waals surface area (Å²) in [5.41, 5.74) is 21.5. The highest BCUT2D eigenvalue weighted by Crippen LogP contribution is 2.50. The number of fused-ring (bicyclic) bond motifs is 4. The molecular weight excluding hydrogens is 687 g/mol. The standard InChI is InChI=1S/C56H51N/c1-38-32-46(43-25-17-22-41(34-43)21-10-6-5-9-18-40-19-11-7-12-20-40)33-39(2)55(38)50-37-54(57-53-31-29-44(35-49(50)53)42-23-13-8-14-24-42)45-28-30-48-47-26-15-16-27-51(47)56(3,4)52(48)36-45/h7-8,11-17,19-20,22-37H,5-6,9-10,18,21H2,1-4H3. The van der Waals surface area contributed by atoms with Gasteiger partial charge in [-0.15, -0.1) is 0 Å². The van der Waals surface area contributed by atoms with Crippen molar-refractivity contribution in [1.82, 2.24) is 4.98 Å². The van der Waals surface area contributed by atoms with Gasteiger partial charge in [-0.3, -0.25) is 0 Å². The number of pyridine rings is 1. The summed E-state index contributed by atoms with van der Waals surface area (Å²) in [6, 6.07) is 60.6. The van der Waals surface area contributed by atoms with Crippen LogP contribution in [0.25, 0.3) is 66.7 Å². The number of rotatable bonds is 11. The Labute approximate surface area is 339 Å². The van der Waals surface area contributed by atoms with Gasteiger partial charge >= 0.3 is 0 Å². The van der Waals surface area contributed by atoms with Gasteiger partial charge in [-0.2, -0.15) is 0 Å². The normalized spacial score (nSPS) is 12.8. The lowest BCUT2D eigenvalue weighted by Crippen LogP contribution is -2.14. The zero-order valence-corrected chi connectivity index (χ0v) is 33.8. The lowest BCUT2D eigenvalue weighted by Gasteiger charge is -2.22. The number of aryl methyl sites for hydroxylation is 4. The molecule has 8 aromatic rings. The first-order chi connectivity index (χ1) is 27.8. The molecule has 0 saturated carbocycles. The minimum atomic E-state index is -0.0744. The molecule has 0 unspecified atom stereocenters. The molecule has 0 aliphatic heterocycles. The molecule has 1 aliphatic rings. The molecule has 1 aliphatic carbocycles. The molecule has 7 aromatic carbocycles. The van der Waals surface area contributed by atoms with Crippen molar-refractivity contribution in [2.24, 2.45) is 0 Å². The second kappa shape index (κ2) is 15.5. The zero-order valence-electron chi connectivity index (χ0n) is 33.8. The minimum absolute atomic E-state index is 0.0744. The second-order valence-electron chi connectivity index (χ2n) is 16.7. The summed E-state index contributed by atoms with van der Waals surface area (Å²) in [7, 11) is 0. The number of hydrogen-bond donors (Lipinski definition) is 0.